The highest BCUT2D eigenvalue weighted by Crippen LogP contribution is 2.53. The molecule has 0 fully saturated rings. The summed E-state index contributed by atoms with van der Waals surface area (Å²) in [4.78, 5) is 0. The third-order valence-electron chi connectivity index (χ3n) is 11.2. The summed E-state index contributed by atoms with van der Waals surface area (Å²) in [7, 11) is 0. The number of anilines is 2. The lowest BCUT2D eigenvalue weighted by atomic mass is 9.73. The molecule has 52 heavy (non-hydrogen) atoms. The highest BCUT2D eigenvalue weighted by atomic mass is 14.6. The Morgan fingerprint density at radius 3 is 1.21 bits per heavy atom. The van der Waals surface area contributed by atoms with Crippen LogP contribution in [0.15, 0.2) is 78.9 Å². The van der Waals surface area contributed by atoms with E-state index in [0.717, 1.165) is 17.8 Å². The van der Waals surface area contributed by atoms with E-state index < -0.39 is 0 Å². The van der Waals surface area contributed by atoms with Crippen LogP contribution in [0.25, 0.3) is 0 Å². The zero-order chi connectivity index (χ0) is 39.6. The molecule has 4 N–H and O–H groups in total. The molecular formula is C50H74N2. The first-order valence-corrected chi connectivity index (χ1v) is 19.9. The molecule has 0 heterocycles. The lowest BCUT2D eigenvalue weighted by Gasteiger charge is -2.30. The molecule has 1 atom stereocenters. The lowest BCUT2D eigenvalue weighted by Crippen LogP contribution is -2.24. The Morgan fingerprint density at radius 1 is 0.481 bits per heavy atom. The first-order valence-electron chi connectivity index (χ1n) is 19.9. The number of hydrogen-bond donors (Lipinski definition) is 2. The Hall–Kier alpha value is -3.52. The van der Waals surface area contributed by atoms with Crippen molar-refractivity contribution in [2.45, 2.75) is 169 Å². The minimum absolute atomic E-state index is 0.0799. The van der Waals surface area contributed by atoms with Crippen molar-refractivity contribution in [3.05, 3.63) is 129 Å². The molecule has 0 spiro atoms. The van der Waals surface area contributed by atoms with Gasteiger partial charge in [0.1, 0.15) is 0 Å². The summed E-state index contributed by atoms with van der Waals surface area (Å²) in [6.07, 6.45) is 1.16. The van der Waals surface area contributed by atoms with E-state index in [2.05, 4.69) is 197 Å². The maximum absolute atomic E-state index is 6.09. The fraction of sp³-hybridized carbons (Fsp3) is 0.520. The number of hydrogen-bond acceptors (Lipinski definition) is 2. The van der Waals surface area contributed by atoms with Crippen molar-refractivity contribution in [3.63, 3.8) is 0 Å². The van der Waals surface area contributed by atoms with Gasteiger partial charge in [-0.1, -0.05) is 197 Å². The summed E-state index contributed by atoms with van der Waals surface area (Å²) < 4.78 is 0. The fourth-order valence-electron chi connectivity index (χ4n) is 7.93. The summed E-state index contributed by atoms with van der Waals surface area (Å²) >= 11 is 0. The fourth-order valence-corrected chi connectivity index (χ4v) is 7.93. The van der Waals surface area contributed by atoms with Gasteiger partial charge < -0.3 is 11.5 Å². The lowest BCUT2D eigenvalue weighted by molar-refractivity contribution is 0.424. The van der Waals surface area contributed by atoms with E-state index in [9.17, 15) is 0 Å². The molecular weight excluding hydrogens is 629 g/mol. The second-order valence-electron chi connectivity index (χ2n) is 19.6. The normalized spacial score (nSPS) is 16.8. The van der Waals surface area contributed by atoms with Gasteiger partial charge in [-0.2, -0.15) is 0 Å². The number of fused-ring (bicyclic) bond motifs is 1. The number of nitrogens with two attached hydrogens (primary N) is 2. The van der Waals surface area contributed by atoms with Gasteiger partial charge in [-0.25, -0.2) is 0 Å². The van der Waals surface area contributed by atoms with E-state index in [1.165, 1.54) is 50.1 Å². The topological polar surface area (TPSA) is 52.0 Å². The third-order valence-corrected chi connectivity index (χ3v) is 11.2. The molecule has 0 saturated carbocycles. The molecule has 5 rings (SSSR count). The molecule has 1 aliphatic rings. The van der Waals surface area contributed by atoms with Crippen LogP contribution in [-0.4, -0.2) is 0 Å². The average Bonchev–Trinajstić information content (AvgIpc) is 3.25. The second-order valence-corrected chi connectivity index (χ2v) is 19.6. The Kier molecular flexibility index (Phi) is 13.4. The summed E-state index contributed by atoms with van der Waals surface area (Å²) in [6, 6.07) is 29.2. The molecule has 0 saturated heterocycles. The Balaban J connectivity index is 0.000000235. The standard InChI is InChI=1S/C26H36.2C12H19N/c1-23(2,3)18-11-10-12-20(15-18)26(9)17-25(7,8)22-16-19(24(4,5)6)13-14-21(22)26;2*1-8(2)10-6-5-7-11(9(3)4)12(10)13/h10-16H,17H2,1-9H3;2*5-9H,13H2,1-4H3. The summed E-state index contributed by atoms with van der Waals surface area (Å²) in [5.41, 5.74) is 27.2. The summed E-state index contributed by atoms with van der Waals surface area (Å²) in [6.45, 7) is 38.5. The van der Waals surface area contributed by atoms with E-state index in [-0.39, 0.29) is 21.7 Å². The average molecular weight is 703 g/mol. The molecule has 0 aliphatic heterocycles. The van der Waals surface area contributed by atoms with Gasteiger partial charge in [-0.3, -0.25) is 0 Å². The van der Waals surface area contributed by atoms with E-state index in [4.69, 9.17) is 11.5 Å². The monoisotopic (exact) mass is 703 g/mol. The van der Waals surface area contributed by atoms with Crippen molar-refractivity contribution in [1.29, 1.82) is 0 Å². The Labute approximate surface area is 320 Å². The van der Waals surface area contributed by atoms with Gasteiger partial charge in [0.25, 0.3) is 0 Å². The Morgan fingerprint density at radius 2 is 0.846 bits per heavy atom. The van der Waals surface area contributed by atoms with Crippen molar-refractivity contribution in [3.8, 4) is 0 Å². The highest BCUT2D eigenvalue weighted by molar-refractivity contribution is 5.57. The molecule has 1 unspecified atom stereocenters. The van der Waals surface area contributed by atoms with Crippen LogP contribution < -0.4 is 11.5 Å². The van der Waals surface area contributed by atoms with E-state index in [0.29, 0.717) is 23.7 Å². The molecule has 0 aromatic heterocycles. The van der Waals surface area contributed by atoms with Gasteiger partial charge in [0.05, 0.1) is 0 Å². The van der Waals surface area contributed by atoms with Crippen LogP contribution >= 0.6 is 0 Å². The van der Waals surface area contributed by atoms with Crippen molar-refractivity contribution in [1.82, 2.24) is 0 Å². The molecule has 2 nitrogen and oxygen atoms in total. The predicted octanol–water partition coefficient (Wildman–Crippen LogP) is 14.3. The van der Waals surface area contributed by atoms with Gasteiger partial charge in [-0.05, 0) is 96.4 Å². The summed E-state index contributed by atoms with van der Waals surface area (Å²) in [5, 5.41) is 0. The third kappa shape index (κ3) is 9.71. The predicted molar refractivity (Wildman–Crippen MR) is 232 cm³/mol. The van der Waals surface area contributed by atoms with E-state index in [1.54, 1.807) is 0 Å². The highest BCUT2D eigenvalue weighted by Gasteiger charge is 2.46. The second kappa shape index (κ2) is 16.2. The molecule has 4 aromatic carbocycles. The zero-order valence-electron chi connectivity index (χ0n) is 36.2. The van der Waals surface area contributed by atoms with Crippen molar-refractivity contribution in [2.75, 3.05) is 11.5 Å². The van der Waals surface area contributed by atoms with Gasteiger partial charge >= 0.3 is 0 Å². The number of benzene rings is 4. The minimum Gasteiger partial charge on any atom is -0.398 e. The van der Waals surface area contributed by atoms with Gasteiger partial charge in [0, 0.05) is 16.8 Å². The molecule has 2 heteroatoms. The molecule has 0 amide bonds. The summed E-state index contributed by atoms with van der Waals surface area (Å²) in [5.74, 6) is 2.05. The smallest absolute Gasteiger partial charge is 0.0384 e. The van der Waals surface area contributed by atoms with E-state index in [1.807, 2.05) is 0 Å². The largest absolute Gasteiger partial charge is 0.398 e. The van der Waals surface area contributed by atoms with Crippen molar-refractivity contribution >= 4 is 11.4 Å². The molecule has 284 valence electrons. The van der Waals surface area contributed by atoms with Gasteiger partial charge in [0.15, 0.2) is 0 Å². The molecule has 0 radical (unpaired) electrons. The number of para-hydroxylation sites is 2. The van der Waals surface area contributed by atoms with Crippen LogP contribution in [0.4, 0.5) is 11.4 Å². The zero-order valence-corrected chi connectivity index (χ0v) is 36.2. The first kappa shape index (κ1) is 42.9. The first-order chi connectivity index (χ1) is 23.8. The molecule has 4 aromatic rings. The van der Waals surface area contributed by atoms with Crippen LogP contribution in [-0.2, 0) is 21.7 Å². The molecule has 0 bridgehead atoms. The number of nitrogen functional groups attached to an aromatic ring is 2. The van der Waals surface area contributed by atoms with Crippen LogP contribution in [0.1, 0.15) is 198 Å². The quantitative estimate of drug-likeness (QED) is 0.203. The maximum atomic E-state index is 6.09. The molecule has 1 aliphatic carbocycles. The minimum atomic E-state index is 0.0799. The van der Waals surface area contributed by atoms with Crippen LogP contribution in [0.2, 0.25) is 0 Å². The van der Waals surface area contributed by atoms with Gasteiger partial charge in [0.2, 0.25) is 0 Å². The SMILES string of the molecule is CC(C)(C)c1cccc(C2(C)CC(C)(C)c3cc(C(C)(C)C)ccc32)c1.CC(C)c1cccc(C(C)C)c1N.CC(C)c1cccc(C(C)C)c1N. The van der Waals surface area contributed by atoms with Crippen LogP contribution in [0.3, 0.4) is 0 Å². The maximum Gasteiger partial charge on any atom is 0.0384 e. The van der Waals surface area contributed by atoms with Crippen LogP contribution in [0, 0.1) is 0 Å². The number of rotatable bonds is 5. The van der Waals surface area contributed by atoms with Crippen molar-refractivity contribution in [2.24, 2.45) is 0 Å². The van der Waals surface area contributed by atoms with E-state index >= 15 is 0 Å². The van der Waals surface area contributed by atoms with Crippen molar-refractivity contribution < 1.29 is 0 Å². The van der Waals surface area contributed by atoms with Crippen LogP contribution in [0.5, 0.6) is 0 Å². The van der Waals surface area contributed by atoms with Gasteiger partial charge in [-0.15, -0.1) is 0 Å². The Bertz CT molecular complexity index is 1670.